The molecule has 0 saturated carbocycles. The average molecular weight is 693 g/mol. The van der Waals surface area contributed by atoms with Gasteiger partial charge in [-0.3, -0.25) is 6.08 Å². The van der Waals surface area contributed by atoms with Crippen molar-refractivity contribution in [2.24, 2.45) is 5.92 Å². The van der Waals surface area contributed by atoms with Crippen LogP contribution in [0.2, 0.25) is 19.6 Å². The molecule has 1 atom stereocenters. The van der Waals surface area contributed by atoms with Crippen LogP contribution in [0.5, 0.6) is 0 Å². The van der Waals surface area contributed by atoms with E-state index in [4.69, 9.17) is 0 Å². The molecule has 5 heteroatoms. The molecule has 0 bridgehead atoms. The molecule has 5 rings (SSSR count). The molecule has 0 amide bonds. The molecule has 0 radical (unpaired) electrons. The van der Waals surface area contributed by atoms with Gasteiger partial charge in [-0.25, -0.2) is 10.8 Å². The maximum atomic E-state index is 11.8. The van der Waals surface area contributed by atoms with Gasteiger partial charge in [0.15, 0.2) is 0 Å². The van der Waals surface area contributed by atoms with Gasteiger partial charge in [-0.05, 0) is 25.5 Å². The van der Waals surface area contributed by atoms with Gasteiger partial charge < -0.3 is 0 Å². The number of rotatable bonds is 1. The fourth-order valence-corrected chi connectivity index (χ4v) is 7.16. The van der Waals surface area contributed by atoms with E-state index in [0.717, 1.165) is 18.6 Å². The fourth-order valence-electron chi connectivity index (χ4n) is 5.21. The molecule has 0 aliphatic heterocycles. The molecule has 1 unspecified atom stereocenters. The molecule has 0 heterocycles. The van der Waals surface area contributed by atoms with Gasteiger partial charge >= 0.3 is 34.6 Å². The van der Waals surface area contributed by atoms with Gasteiger partial charge in [0.2, 0.25) is 0 Å². The van der Waals surface area contributed by atoms with E-state index < -0.39 is 19.8 Å². The molecule has 236 valence electrons. The van der Waals surface area contributed by atoms with E-state index in [1.54, 1.807) is 5.20 Å². The number of alkyl halides is 3. The molecule has 0 nitrogen and oxygen atoms in total. The zero-order valence-electron chi connectivity index (χ0n) is 28.4. The third-order valence-corrected chi connectivity index (χ3v) is 9.80. The Labute approximate surface area is 281 Å². The van der Waals surface area contributed by atoms with Crippen molar-refractivity contribution in [2.75, 3.05) is 0 Å². The van der Waals surface area contributed by atoms with Crippen molar-refractivity contribution in [1.82, 2.24) is 0 Å². The Kier molecular flexibility index (Phi) is 13.0. The van der Waals surface area contributed by atoms with Gasteiger partial charge in [-0.2, -0.15) is 78.9 Å². The first-order valence-electron chi connectivity index (χ1n) is 15.1. The average Bonchev–Trinajstić information content (AvgIpc) is 3.47. The van der Waals surface area contributed by atoms with Crippen LogP contribution in [0.4, 0.5) is 13.2 Å². The summed E-state index contributed by atoms with van der Waals surface area (Å²) in [5.74, 6) is 0.553. The topological polar surface area (TPSA) is 0 Å². The third kappa shape index (κ3) is 10.5. The summed E-state index contributed by atoms with van der Waals surface area (Å²) in [5, 5.41) is 1.60. The molecule has 2 aliphatic rings. The first-order valence-corrected chi connectivity index (χ1v) is 20.3. The molecule has 0 spiro atoms. The van der Waals surface area contributed by atoms with Crippen molar-refractivity contribution in [3.05, 3.63) is 117 Å². The molecule has 0 fully saturated rings. The van der Waals surface area contributed by atoms with Crippen LogP contribution in [0.3, 0.4) is 0 Å². The SMILES string of the molecule is CC(C)(C)c1c[c-]c2c(c1)-c1cc(C(C)(C)C)ccc1C2.CC1=[C-]C(C)C=C1[Si](C)(C)C.FC(F)(F)c1cc[c-]cc1.[CH2]=[Zr]. The Hall–Kier alpha value is -2.10. The summed E-state index contributed by atoms with van der Waals surface area (Å²) < 4.78 is 38.7. The van der Waals surface area contributed by atoms with Gasteiger partial charge in [0.25, 0.3) is 0 Å². The summed E-state index contributed by atoms with van der Waals surface area (Å²) in [6, 6.07) is 22.0. The first kappa shape index (κ1) is 38.1. The van der Waals surface area contributed by atoms with Gasteiger partial charge in [0.1, 0.15) is 0 Å². The van der Waals surface area contributed by atoms with Crippen LogP contribution in [0.15, 0.2) is 71.4 Å². The molecular formula is C39H48F3SiZr-3. The van der Waals surface area contributed by atoms with Crippen LogP contribution in [0.1, 0.15) is 83.2 Å². The summed E-state index contributed by atoms with van der Waals surface area (Å²) in [5.41, 5.74) is 9.53. The zero-order valence-corrected chi connectivity index (χ0v) is 31.9. The Morgan fingerprint density at radius 3 is 1.77 bits per heavy atom. The van der Waals surface area contributed by atoms with E-state index >= 15 is 0 Å². The molecular weight excluding hydrogens is 645 g/mol. The van der Waals surface area contributed by atoms with Gasteiger partial charge in [-0.1, -0.05) is 121 Å². The number of hydrogen-bond acceptors (Lipinski definition) is 0. The van der Waals surface area contributed by atoms with Crippen molar-refractivity contribution >= 4 is 12.3 Å². The normalized spacial score (nSPS) is 15.6. The first-order chi connectivity index (χ1) is 20.2. The summed E-state index contributed by atoms with van der Waals surface area (Å²) in [6.07, 6.45) is 2.61. The van der Waals surface area contributed by atoms with Crippen LogP contribution in [-0.4, -0.2) is 12.3 Å². The Morgan fingerprint density at radius 1 is 0.818 bits per heavy atom. The summed E-state index contributed by atoms with van der Waals surface area (Å²) in [7, 11) is -1.07. The summed E-state index contributed by atoms with van der Waals surface area (Å²) >= 11 is 1.30. The quantitative estimate of drug-likeness (QED) is 0.138. The molecule has 3 aromatic carbocycles. The zero-order chi connectivity index (χ0) is 33.7. The van der Waals surface area contributed by atoms with Crippen LogP contribution < -0.4 is 0 Å². The summed E-state index contributed by atoms with van der Waals surface area (Å²) in [6.45, 7) is 25.2. The number of halogens is 3. The molecule has 44 heavy (non-hydrogen) atoms. The second-order valence-electron chi connectivity index (χ2n) is 14.5. The predicted molar refractivity (Wildman–Crippen MR) is 181 cm³/mol. The van der Waals surface area contributed by atoms with Gasteiger partial charge in [-0.15, -0.1) is 5.56 Å². The monoisotopic (exact) mass is 691 g/mol. The molecule has 3 aromatic rings. The Balaban J connectivity index is 0.000000248. The fraction of sp³-hybridized carbons (Fsp3) is 0.410. The Morgan fingerprint density at radius 2 is 1.36 bits per heavy atom. The molecule has 0 aromatic heterocycles. The second-order valence-corrected chi connectivity index (χ2v) is 19.5. The van der Waals surface area contributed by atoms with E-state index in [1.165, 1.54) is 75.3 Å². The minimum absolute atomic E-state index is 0.177. The van der Waals surface area contributed by atoms with Crippen LogP contribution in [-0.2, 0) is 47.7 Å². The maximum absolute atomic E-state index is 11.8. The van der Waals surface area contributed by atoms with E-state index in [1.807, 2.05) is 0 Å². The standard InChI is InChI=1S/C21H25.C10H17Si.C7H4F3.CH2.Zr/c1-20(2,3)16-9-7-14-11-15-8-10-17(21(4,5)6)13-19(15)18(14)12-16;1-8-6-9(2)10(7-8)11(3,4)5;8-7(9,10)6-4-2-1-3-5-6;;/h7,9-10,12-13H,11H2,1-6H3;7-8H,1-5H3;2-5H;1H2;/q3*-1;;. The van der Waals surface area contributed by atoms with Crippen molar-refractivity contribution in [1.29, 1.82) is 0 Å². The third-order valence-electron chi connectivity index (χ3n) is 7.64. The van der Waals surface area contributed by atoms with E-state index in [2.05, 4.69) is 134 Å². The van der Waals surface area contributed by atoms with Crippen molar-refractivity contribution in [3.63, 3.8) is 0 Å². The van der Waals surface area contributed by atoms with Crippen molar-refractivity contribution in [2.45, 2.75) is 98.5 Å². The molecule has 2 aliphatic carbocycles. The molecule has 0 N–H and O–H groups in total. The minimum atomic E-state index is -4.23. The van der Waals surface area contributed by atoms with Crippen LogP contribution in [0.25, 0.3) is 11.1 Å². The van der Waals surface area contributed by atoms with E-state index in [-0.39, 0.29) is 10.8 Å². The number of benzene rings is 3. The van der Waals surface area contributed by atoms with Gasteiger partial charge in [0, 0.05) is 0 Å². The van der Waals surface area contributed by atoms with E-state index in [9.17, 15) is 13.2 Å². The van der Waals surface area contributed by atoms with Crippen molar-refractivity contribution < 1.29 is 37.4 Å². The number of fused-ring (bicyclic) bond motifs is 3. The predicted octanol–water partition coefficient (Wildman–Crippen LogP) is 11.3. The van der Waals surface area contributed by atoms with Crippen molar-refractivity contribution in [3.8, 4) is 11.1 Å². The second kappa shape index (κ2) is 15.0. The van der Waals surface area contributed by atoms with Gasteiger partial charge in [0.05, 0.1) is 0 Å². The van der Waals surface area contributed by atoms with E-state index in [0.29, 0.717) is 5.92 Å². The summed E-state index contributed by atoms with van der Waals surface area (Å²) in [4.78, 5) is 0. The Bertz CT molecular complexity index is 1400. The molecule has 0 saturated heterocycles. The van der Waals surface area contributed by atoms with Crippen LogP contribution in [0, 0.1) is 24.1 Å². The number of allylic oxidation sites excluding steroid dienone is 4. The van der Waals surface area contributed by atoms with Crippen LogP contribution >= 0.6 is 0 Å². The number of hydrogen-bond donors (Lipinski definition) is 0.